The first kappa shape index (κ1) is 16.2. The Bertz CT molecular complexity index is 532. The molecule has 1 fully saturated rings. The molecule has 1 saturated heterocycles. The Morgan fingerprint density at radius 2 is 2.10 bits per heavy atom. The van der Waals surface area contributed by atoms with Crippen molar-refractivity contribution in [3.8, 4) is 0 Å². The van der Waals surface area contributed by atoms with Gasteiger partial charge >= 0.3 is 0 Å². The Morgan fingerprint density at radius 1 is 1.43 bits per heavy atom. The maximum Gasteiger partial charge on any atom is 0.235 e. The fourth-order valence-electron chi connectivity index (χ4n) is 2.18. The molecule has 2 rings (SSSR count). The number of rotatable bonds is 5. The van der Waals surface area contributed by atoms with Gasteiger partial charge < -0.3 is 10.2 Å². The van der Waals surface area contributed by atoms with Gasteiger partial charge in [-0.05, 0) is 26.0 Å². The maximum atomic E-state index is 12.3. The standard InChI is InChI=1S/C15H19ClN2O2S/c1-3-17-14(19)11-8-18(9-11)15(20)10(2)21-13-7-5-4-6-12(13)16/h4-7,10-11H,3,8-9H2,1-2H3,(H,17,19). The average Bonchev–Trinajstić information content (AvgIpc) is 2.39. The topological polar surface area (TPSA) is 49.4 Å². The smallest absolute Gasteiger partial charge is 0.235 e. The molecule has 0 bridgehead atoms. The summed E-state index contributed by atoms with van der Waals surface area (Å²) in [6.07, 6.45) is 0. The summed E-state index contributed by atoms with van der Waals surface area (Å²) in [4.78, 5) is 26.6. The second-order valence-electron chi connectivity index (χ2n) is 5.03. The van der Waals surface area contributed by atoms with Gasteiger partial charge in [0.2, 0.25) is 11.8 Å². The quantitative estimate of drug-likeness (QED) is 0.845. The molecule has 1 N–H and O–H groups in total. The molecule has 1 aliphatic heterocycles. The number of halogens is 1. The van der Waals surface area contributed by atoms with Gasteiger partial charge in [0.05, 0.1) is 16.2 Å². The number of amides is 2. The summed E-state index contributed by atoms with van der Waals surface area (Å²) in [7, 11) is 0. The third-order valence-corrected chi connectivity index (χ3v) is 5.01. The number of thioether (sulfide) groups is 1. The van der Waals surface area contributed by atoms with Gasteiger partial charge in [-0.2, -0.15) is 0 Å². The molecule has 0 aromatic heterocycles. The van der Waals surface area contributed by atoms with Crippen LogP contribution in [0.5, 0.6) is 0 Å². The van der Waals surface area contributed by atoms with Gasteiger partial charge in [-0.3, -0.25) is 9.59 Å². The van der Waals surface area contributed by atoms with Crippen LogP contribution >= 0.6 is 23.4 Å². The zero-order valence-electron chi connectivity index (χ0n) is 12.1. The molecule has 1 heterocycles. The van der Waals surface area contributed by atoms with Gasteiger partial charge in [-0.1, -0.05) is 23.7 Å². The molecule has 0 aliphatic carbocycles. The van der Waals surface area contributed by atoms with Crippen molar-refractivity contribution in [2.45, 2.75) is 24.0 Å². The van der Waals surface area contributed by atoms with Crippen LogP contribution in [-0.2, 0) is 9.59 Å². The van der Waals surface area contributed by atoms with E-state index in [1.54, 1.807) is 4.90 Å². The van der Waals surface area contributed by atoms with Gasteiger partial charge in [-0.25, -0.2) is 0 Å². The lowest BCUT2D eigenvalue weighted by atomic mass is 9.99. The zero-order valence-corrected chi connectivity index (χ0v) is 13.7. The number of nitrogens with one attached hydrogen (secondary N) is 1. The van der Waals surface area contributed by atoms with Gasteiger partial charge in [0.1, 0.15) is 0 Å². The third kappa shape index (κ3) is 3.92. The molecule has 1 aliphatic rings. The summed E-state index contributed by atoms with van der Waals surface area (Å²) >= 11 is 7.55. The van der Waals surface area contributed by atoms with Crippen LogP contribution in [0.15, 0.2) is 29.2 Å². The Balaban J connectivity index is 1.85. The number of carbonyl (C=O) groups is 2. The van der Waals surface area contributed by atoms with Crippen LogP contribution in [0.4, 0.5) is 0 Å². The van der Waals surface area contributed by atoms with E-state index in [9.17, 15) is 9.59 Å². The third-order valence-electron chi connectivity index (χ3n) is 3.40. The maximum absolute atomic E-state index is 12.3. The fraction of sp³-hybridized carbons (Fsp3) is 0.467. The monoisotopic (exact) mass is 326 g/mol. The minimum atomic E-state index is -0.208. The largest absolute Gasteiger partial charge is 0.356 e. The van der Waals surface area contributed by atoms with E-state index < -0.39 is 0 Å². The highest BCUT2D eigenvalue weighted by atomic mass is 35.5. The van der Waals surface area contributed by atoms with Crippen LogP contribution in [0.2, 0.25) is 5.02 Å². The van der Waals surface area contributed by atoms with Gasteiger partial charge in [0, 0.05) is 24.5 Å². The predicted octanol–water partition coefficient (Wildman–Crippen LogP) is 2.42. The molecular formula is C15H19ClN2O2S. The molecule has 114 valence electrons. The first-order chi connectivity index (χ1) is 10.0. The van der Waals surface area contributed by atoms with Crippen molar-refractivity contribution in [2.75, 3.05) is 19.6 Å². The van der Waals surface area contributed by atoms with Crippen molar-refractivity contribution >= 4 is 35.2 Å². The first-order valence-electron chi connectivity index (χ1n) is 7.00. The molecule has 1 unspecified atom stereocenters. The summed E-state index contributed by atoms with van der Waals surface area (Å²) in [6, 6.07) is 7.49. The highest BCUT2D eigenvalue weighted by Crippen LogP contribution is 2.31. The molecule has 1 aromatic rings. The van der Waals surface area contributed by atoms with Gasteiger partial charge in [-0.15, -0.1) is 11.8 Å². The van der Waals surface area contributed by atoms with Gasteiger partial charge in [0.15, 0.2) is 0 Å². The highest BCUT2D eigenvalue weighted by molar-refractivity contribution is 8.00. The van der Waals surface area contributed by atoms with E-state index in [4.69, 9.17) is 11.6 Å². The van der Waals surface area contributed by atoms with Crippen molar-refractivity contribution < 1.29 is 9.59 Å². The lowest BCUT2D eigenvalue weighted by Gasteiger charge is -2.39. The molecule has 6 heteroatoms. The van der Waals surface area contributed by atoms with E-state index in [2.05, 4.69) is 5.32 Å². The first-order valence-corrected chi connectivity index (χ1v) is 8.26. The summed E-state index contributed by atoms with van der Waals surface area (Å²) in [5, 5.41) is 3.23. The van der Waals surface area contributed by atoms with Crippen LogP contribution in [-0.4, -0.2) is 41.6 Å². The van der Waals surface area contributed by atoms with E-state index in [1.165, 1.54) is 11.8 Å². The highest BCUT2D eigenvalue weighted by Gasteiger charge is 2.37. The molecule has 0 spiro atoms. The predicted molar refractivity (Wildman–Crippen MR) is 85.5 cm³/mol. The number of likely N-dealkylation sites (tertiary alicyclic amines) is 1. The summed E-state index contributed by atoms with van der Waals surface area (Å²) in [6.45, 7) is 5.41. The van der Waals surface area contributed by atoms with Crippen molar-refractivity contribution in [3.05, 3.63) is 29.3 Å². The van der Waals surface area contributed by atoms with Crippen molar-refractivity contribution in [1.29, 1.82) is 0 Å². The van der Waals surface area contributed by atoms with E-state index in [-0.39, 0.29) is 23.0 Å². The van der Waals surface area contributed by atoms with E-state index in [0.29, 0.717) is 24.7 Å². The number of hydrogen-bond donors (Lipinski definition) is 1. The van der Waals surface area contributed by atoms with Crippen molar-refractivity contribution in [2.24, 2.45) is 5.92 Å². The zero-order chi connectivity index (χ0) is 15.4. The Kier molecular flexibility index (Phi) is 5.53. The normalized spacial score (nSPS) is 16.2. The summed E-state index contributed by atoms with van der Waals surface area (Å²) in [5.41, 5.74) is 0. The van der Waals surface area contributed by atoms with E-state index in [0.717, 1.165) is 4.90 Å². The molecule has 0 radical (unpaired) electrons. The van der Waals surface area contributed by atoms with Crippen LogP contribution < -0.4 is 5.32 Å². The molecule has 1 atom stereocenters. The summed E-state index contributed by atoms with van der Waals surface area (Å²) in [5.74, 6) is 0.0276. The van der Waals surface area contributed by atoms with E-state index in [1.807, 2.05) is 38.1 Å². The minimum Gasteiger partial charge on any atom is -0.356 e. The second-order valence-corrected chi connectivity index (χ2v) is 6.82. The Labute approximate surface area is 134 Å². The molecular weight excluding hydrogens is 308 g/mol. The number of nitrogens with zero attached hydrogens (tertiary/aromatic N) is 1. The molecule has 21 heavy (non-hydrogen) atoms. The fourth-order valence-corrected chi connectivity index (χ4v) is 3.42. The van der Waals surface area contributed by atoms with Crippen molar-refractivity contribution in [3.63, 3.8) is 0 Å². The number of carbonyl (C=O) groups excluding carboxylic acids is 2. The average molecular weight is 327 g/mol. The Hall–Kier alpha value is -1.20. The molecule has 1 aromatic carbocycles. The van der Waals surface area contributed by atoms with Crippen LogP contribution in [0.1, 0.15) is 13.8 Å². The second kappa shape index (κ2) is 7.18. The summed E-state index contributed by atoms with van der Waals surface area (Å²) < 4.78 is 0. The molecule has 4 nitrogen and oxygen atoms in total. The van der Waals surface area contributed by atoms with Crippen molar-refractivity contribution in [1.82, 2.24) is 10.2 Å². The minimum absolute atomic E-state index is 0.0351. The van der Waals surface area contributed by atoms with Gasteiger partial charge in [0.25, 0.3) is 0 Å². The number of hydrogen-bond acceptors (Lipinski definition) is 3. The van der Waals surface area contributed by atoms with Crippen LogP contribution in [0.3, 0.4) is 0 Å². The molecule has 2 amide bonds. The lowest BCUT2D eigenvalue weighted by molar-refractivity contribution is -0.142. The SMILES string of the molecule is CCNC(=O)C1CN(C(=O)C(C)Sc2ccccc2Cl)C1. The lowest BCUT2D eigenvalue weighted by Crippen LogP contribution is -2.57. The number of benzene rings is 1. The molecule has 0 saturated carbocycles. The van der Waals surface area contributed by atoms with Crippen LogP contribution in [0.25, 0.3) is 0 Å². The van der Waals surface area contributed by atoms with E-state index >= 15 is 0 Å². The van der Waals surface area contributed by atoms with Crippen LogP contribution in [0, 0.1) is 5.92 Å². The Morgan fingerprint density at radius 3 is 2.71 bits per heavy atom.